The van der Waals surface area contributed by atoms with E-state index in [2.05, 4.69) is 27.9 Å². The number of benzene rings is 1. The Labute approximate surface area is 168 Å². The third-order valence-corrected chi connectivity index (χ3v) is 4.56. The van der Waals surface area contributed by atoms with Crippen molar-refractivity contribution in [2.24, 2.45) is 4.99 Å². The van der Waals surface area contributed by atoms with Gasteiger partial charge in [-0.05, 0) is 43.9 Å². The highest BCUT2D eigenvalue weighted by molar-refractivity contribution is 14.0. The summed E-state index contributed by atoms with van der Waals surface area (Å²) in [5.74, 6) is 0.816. The average molecular weight is 458 g/mol. The zero-order valence-corrected chi connectivity index (χ0v) is 17.8. The van der Waals surface area contributed by atoms with E-state index in [9.17, 15) is 4.79 Å². The van der Waals surface area contributed by atoms with E-state index in [1.165, 1.54) is 25.7 Å². The van der Waals surface area contributed by atoms with Crippen molar-refractivity contribution in [3.05, 3.63) is 35.4 Å². The number of amides is 1. The molecular weight excluding hydrogens is 427 g/mol. The molecule has 6 heteroatoms. The SMILES string of the molecule is CCC(C)NC(=O)c1cccc(CNC(=NC)NC2CCCC2)c1.I. The van der Waals surface area contributed by atoms with E-state index in [0.717, 1.165) is 17.9 Å². The number of nitrogens with one attached hydrogen (secondary N) is 3. The van der Waals surface area contributed by atoms with Gasteiger partial charge in [-0.2, -0.15) is 0 Å². The molecule has 0 radical (unpaired) electrons. The minimum absolute atomic E-state index is 0. The number of nitrogens with zero attached hydrogens (tertiary/aromatic N) is 1. The summed E-state index contributed by atoms with van der Waals surface area (Å²) in [5, 5.41) is 9.81. The first-order valence-corrected chi connectivity index (χ1v) is 8.99. The van der Waals surface area contributed by atoms with Crippen LogP contribution >= 0.6 is 24.0 Å². The number of guanidine groups is 1. The second-order valence-corrected chi connectivity index (χ2v) is 6.53. The summed E-state index contributed by atoms with van der Waals surface area (Å²) in [4.78, 5) is 16.5. The lowest BCUT2D eigenvalue weighted by molar-refractivity contribution is 0.0939. The normalized spacial score (nSPS) is 16.0. The first-order valence-electron chi connectivity index (χ1n) is 8.99. The Bertz CT molecular complexity index is 570. The lowest BCUT2D eigenvalue weighted by Crippen LogP contribution is -2.42. The van der Waals surface area contributed by atoms with Crippen LogP contribution in [0.1, 0.15) is 61.9 Å². The summed E-state index contributed by atoms with van der Waals surface area (Å²) in [6.45, 7) is 4.73. The number of carbonyl (C=O) groups is 1. The Morgan fingerprint density at radius 3 is 2.68 bits per heavy atom. The highest BCUT2D eigenvalue weighted by atomic mass is 127. The Morgan fingerprint density at radius 1 is 1.32 bits per heavy atom. The van der Waals surface area contributed by atoms with E-state index in [0.29, 0.717) is 18.2 Å². The van der Waals surface area contributed by atoms with Gasteiger partial charge in [0.2, 0.25) is 0 Å². The number of aliphatic imine (C=N–C) groups is 1. The Kier molecular flexibility index (Phi) is 9.85. The maximum absolute atomic E-state index is 12.2. The fraction of sp³-hybridized carbons (Fsp3) is 0.579. The van der Waals surface area contributed by atoms with Crippen LogP contribution in [0.5, 0.6) is 0 Å². The van der Waals surface area contributed by atoms with Crippen molar-refractivity contribution in [2.45, 2.75) is 64.6 Å². The van der Waals surface area contributed by atoms with Crippen molar-refractivity contribution < 1.29 is 4.79 Å². The predicted octanol–water partition coefficient (Wildman–Crippen LogP) is 3.44. The highest BCUT2D eigenvalue weighted by Crippen LogP contribution is 2.17. The standard InChI is InChI=1S/C19H30N4O.HI/c1-4-14(2)22-18(24)16-9-7-8-15(12-16)13-21-19(20-3)23-17-10-5-6-11-17;/h7-9,12,14,17H,4-6,10-11,13H2,1-3H3,(H,22,24)(H2,20,21,23);1H. The molecule has 1 aromatic rings. The van der Waals surface area contributed by atoms with E-state index in [-0.39, 0.29) is 35.9 Å². The quantitative estimate of drug-likeness (QED) is 0.348. The van der Waals surface area contributed by atoms with E-state index >= 15 is 0 Å². The van der Waals surface area contributed by atoms with Crippen LogP contribution in [0, 0.1) is 0 Å². The molecule has 1 unspecified atom stereocenters. The molecule has 2 rings (SSSR count). The fourth-order valence-corrected chi connectivity index (χ4v) is 2.88. The molecule has 1 aromatic carbocycles. The molecule has 25 heavy (non-hydrogen) atoms. The number of carbonyl (C=O) groups excluding carboxylic acids is 1. The van der Waals surface area contributed by atoms with Crippen LogP contribution in [-0.4, -0.2) is 31.0 Å². The zero-order chi connectivity index (χ0) is 17.4. The third kappa shape index (κ3) is 7.22. The fourth-order valence-electron chi connectivity index (χ4n) is 2.88. The molecule has 1 amide bonds. The van der Waals surface area contributed by atoms with E-state index in [1.807, 2.05) is 31.2 Å². The average Bonchev–Trinajstić information content (AvgIpc) is 3.11. The minimum atomic E-state index is -0.0142. The molecule has 0 saturated heterocycles. The molecule has 3 N–H and O–H groups in total. The lowest BCUT2D eigenvalue weighted by atomic mass is 10.1. The van der Waals surface area contributed by atoms with Gasteiger partial charge in [-0.1, -0.05) is 31.9 Å². The van der Waals surface area contributed by atoms with Gasteiger partial charge in [0.1, 0.15) is 0 Å². The molecule has 1 aliphatic rings. The maximum atomic E-state index is 12.2. The summed E-state index contributed by atoms with van der Waals surface area (Å²) in [6, 6.07) is 8.46. The highest BCUT2D eigenvalue weighted by Gasteiger charge is 2.16. The van der Waals surface area contributed by atoms with Crippen molar-refractivity contribution in [2.75, 3.05) is 7.05 Å². The van der Waals surface area contributed by atoms with E-state index < -0.39 is 0 Å². The van der Waals surface area contributed by atoms with Crippen molar-refractivity contribution in [3.8, 4) is 0 Å². The molecule has 1 atom stereocenters. The Morgan fingerprint density at radius 2 is 2.04 bits per heavy atom. The first-order chi connectivity index (χ1) is 11.6. The number of halogens is 1. The lowest BCUT2D eigenvalue weighted by Gasteiger charge is -2.17. The third-order valence-electron chi connectivity index (χ3n) is 4.56. The monoisotopic (exact) mass is 458 g/mol. The molecule has 1 aliphatic carbocycles. The molecule has 0 bridgehead atoms. The van der Waals surface area contributed by atoms with Crippen LogP contribution in [0.25, 0.3) is 0 Å². The molecule has 0 spiro atoms. The van der Waals surface area contributed by atoms with Crippen LogP contribution in [0.3, 0.4) is 0 Å². The number of hydrogen-bond donors (Lipinski definition) is 3. The zero-order valence-electron chi connectivity index (χ0n) is 15.5. The molecule has 1 saturated carbocycles. The van der Waals surface area contributed by atoms with E-state index in [1.54, 1.807) is 7.05 Å². The van der Waals surface area contributed by atoms with Crippen molar-refractivity contribution in [3.63, 3.8) is 0 Å². The van der Waals surface area contributed by atoms with Crippen molar-refractivity contribution >= 4 is 35.8 Å². The number of hydrogen-bond acceptors (Lipinski definition) is 2. The molecule has 0 aliphatic heterocycles. The van der Waals surface area contributed by atoms with Gasteiger partial charge in [0, 0.05) is 31.2 Å². The maximum Gasteiger partial charge on any atom is 0.251 e. The van der Waals surface area contributed by atoms with Crippen LogP contribution in [-0.2, 0) is 6.54 Å². The molecular formula is C19H31IN4O. The summed E-state index contributed by atoms with van der Waals surface area (Å²) >= 11 is 0. The van der Waals surface area contributed by atoms with Crippen molar-refractivity contribution in [1.82, 2.24) is 16.0 Å². The summed E-state index contributed by atoms with van der Waals surface area (Å²) in [6.07, 6.45) is 5.94. The van der Waals surface area contributed by atoms with Crippen LogP contribution < -0.4 is 16.0 Å². The molecule has 140 valence electrons. The molecule has 0 heterocycles. The molecule has 1 fully saturated rings. The van der Waals surface area contributed by atoms with E-state index in [4.69, 9.17) is 0 Å². The minimum Gasteiger partial charge on any atom is -0.354 e. The van der Waals surface area contributed by atoms with Gasteiger partial charge in [0.25, 0.3) is 5.91 Å². The van der Waals surface area contributed by atoms with Crippen LogP contribution in [0.15, 0.2) is 29.3 Å². The van der Waals surface area contributed by atoms with Gasteiger partial charge in [0.05, 0.1) is 0 Å². The molecule has 5 nitrogen and oxygen atoms in total. The van der Waals surface area contributed by atoms with Gasteiger partial charge in [-0.25, -0.2) is 0 Å². The van der Waals surface area contributed by atoms with Gasteiger partial charge in [0.15, 0.2) is 5.96 Å². The molecule has 0 aromatic heterocycles. The Hall–Kier alpha value is -1.31. The summed E-state index contributed by atoms with van der Waals surface area (Å²) < 4.78 is 0. The summed E-state index contributed by atoms with van der Waals surface area (Å²) in [5.41, 5.74) is 1.77. The second kappa shape index (κ2) is 11.3. The smallest absolute Gasteiger partial charge is 0.251 e. The second-order valence-electron chi connectivity index (χ2n) is 6.53. The predicted molar refractivity (Wildman–Crippen MR) is 115 cm³/mol. The van der Waals surface area contributed by atoms with Crippen molar-refractivity contribution in [1.29, 1.82) is 0 Å². The first kappa shape index (κ1) is 21.7. The topological polar surface area (TPSA) is 65.5 Å². The number of rotatable bonds is 6. The van der Waals surface area contributed by atoms with Crippen LogP contribution in [0.2, 0.25) is 0 Å². The largest absolute Gasteiger partial charge is 0.354 e. The van der Waals surface area contributed by atoms with Gasteiger partial charge in [-0.15, -0.1) is 24.0 Å². The van der Waals surface area contributed by atoms with Crippen LogP contribution in [0.4, 0.5) is 0 Å². The van der Waals surface area contributed by atoms with Gasteiger partial charge in [-0.3, -0.25) is 9.79 Å². The van der Waals surface area contributed by atoms with Gasteiger partial charge >= 0.3 is 0 Å². The summed E-state index contributed by atoms with van der Waals surface area (Å²) in [7, 11) is 1.79. The Balaban J connectivity index is 0.00000312. The van der Waals surface area contributed by atoms with Gasteiger partial charge < -0.3 is 16.0 Å².